The number of aryl methyl sites for hydroxylation is 1. The van der Waals surface area contributed by atoms with E-state index in [1.165, 1.54) is 0 Å². The molecule has 3 aromatic rings. The number of anilines is 1. The van der Waals surface area contributed by atoms with E-state index < -0.39 is 6.17 Å². The number of fused-ring (bicyclic) bond motifs is 1. The number of aromatic nitrogens is 4. The predicted octanol–water partition coefficient (Wildman–Crippen LogP) is 4.15. The Morgan fingerprint density at radius 1 is 1.28 bits per heavy atom. The van der Waals surface area contributed by atoms with E-state index in [1.54, 1.807) is 10.7 Å². The van der Waals surface area contributed by atoms with Gasteiger partial charge in [-0.2, -0.15) is 9.61 Å². The van der Waals surface area contributed by atoms with Crippen LogP contribution in [-0.4, -0.2) is 31.8 Å². The lowest BCUT2D eigenvalue weighted by molar-refractivity contribution is 0.192. The molecule has 1 saturated carbocycles. The lowest BCUT2D eigenvalue weighted by Crippen LogP contribution is -2.37. The van der Waals surface area contributed by atoms with Crippen LogP contribution in [0.2, 0.25) is 5.02 Å². The van der Waals surface area contributed by atoms with Gasteiger partial charge in [0.15, 0.2) is 5.65 Å². The molecule has 1 atom stereocenters. The fraction of sp³-hybridized carbons (Fsp3) is 0.389. The molecule has 25 heavy (non-hydrogen) atoms. The van der Waals surface area contributed by atoms with E-state index in [0.717, 1.165) is 28.5 Å². The van der Waals surface area contributed by atoms with Gasteiger partial charge in [-0.25, -0.2) is 9.37 Å². The highest BCUT2D eigenvalue weighted by molar-refractivity contribution is 6.30. The highest BCUT2D eigenvalue weighted by atomic mass is 35.5. The summed E-state index contributed by atoms with van der Waals surface area (Å²) < 4.78 is 14.9. The smallest absolute Gasteiger partial charge is 0.157 e. The van der Waals surface area contributed by atoms with Gasteiger partial charge in [-0.3, -0.25) is 4.98 Å². The molecule has 5 nitrogen and oxygen atoms in total. The van der Waals surface area contributed by atoms with Crippen LogP contribution in [0.4, 0.5) is 10.2 Å². The van der Waals surface area contributed by atoms with E-state index in [2.05, 4.69) is 22.2 Å². The molecule has 0 amide bonds. The Hall–Kier alpha value is -2.21. The van der Waals surface area contributed by atoms with Crippen molar-refractivity contribution in [3.8, 4) is 0 Å². The van der Waals surface area contributed by atoms with E-state index in [4.69, 9.17) is 16.7 Å². The Kier molecular flexibility index (Phi) is 4.07. The van der Waals surface area contributed by atoms with E-state index in [9.17, 15) is 4.39 Å². The van der Waals surface area contributed by atoms with Gasteiger partial charge in [0.1, 0.15) is 12.0 Å². The summed E-state index contributed by atoms with van der Waals surface area (Å²) in [6, 6.07) is 7.81. The summed E-state index contributed by atoms with van der Waals surface area (Å²) >= 11 is 5.92. The van der Waals surface area contributed by atoms with Gasteiger partial charge in [0.05, 0.1) is 10.7 Å². The molecule has 0 radical (unpaired) electrons. The molecule has 1 aliphatic rings. The molecule has 1 N–H and O–H groups in total. The first-order valence-corrected chi connectivity index (χ1v) is 8.77. The first-order valence-electron chi connectivity index (χ1n) is 8.39. The zero-order valence-electron chi connectivity index (χ0n) is 14.1. The number of alkyl halides is 1. The second-order valence-corrected chi connectivity index (χ2v) is 7.09. The van der Waals surface area contributed by atoms with Crippen molar-refractivity contribution in [1.29, 1.82) is 0 Å². The number of rotatable bonds is 4. The van der Waals surface area contributed by atoms with E-state index in [0.29, 0.717) is 17.9 Å². The summed E-state index contributed by atoms with van der Waals surface area (Å²) in [4.78, 5) is 8.94. The maximum absolute atomic E-state index is 13.1. The first kappa shape index (κ1) is 16.3. The Bertz CT molecular complexity index is 902. The van der Waals surface area contributed by atoms with Crippen LogP contribution in [0.1, 0.15) is 42.8 Å². The lowest BCUT2D eigenvalue weighted by atomic mass is 9.91. The van der Waals surface area contributed by atoms with Gasteiger partial charge < -0.3 is 5.32 Å². The van der Waals surface area contributed by atoms with Crippen LogP contribution in [-0.2, 0) is 0 Å². The maximum Gasteiger partial charge on any atom is 0.157 e. The zero-order valence-corrected chi connectivity index (χ0v) is 14.8. The molecule has 4 rings (SSSR count). The van der Waals surface area contributed by atoms with Crippen LogP contribution in [0.5, 0.6) is 0 Å². The van der Waals surface area contributed by atoms with Gasteiger partial charge in [0.2, 0.25) is 0 Å². The summed E-state index contributed by atoms with van der Waals surface area (Å²) in [6.07, 6.45) is 2.03. The number of hydrogen-bond acceptors (Lipinski definition) is 4. The van der Waals surface area contributed by atoms with Gasteiger partial charge in [-0.05, 0) is 31.9 Å². The Morgan fingerprint density at radius 3 is 2.76 bits per heavy atom. The highest BCUT2D eigenvalue weighted by Gasteiger charge is 2.29. The molecule has 1 fully saturated rings. The zero-order chi connectivity index (χ0) is 17.6. The predicted molar refractivity (Wildman–Crippen MR) is 96.0 cm³/mol. The summed E-state index contributed by atoms with van der Waals surface area (Å²) in [5.41, 5.74) is 3.45. The third-order valence-electron chi connectivity index (χ3n) is 4.64. The van der Waals surface area contributed by atoms with Crippen molar-refractivity contribution in [2.75, 3.05) is 5.32 Å². The van der Waals surface area contributed by atoms with E-state index in [1.807, 2.05) is 31.2 Å². The average molecular weight is 360 g/mol. The van der Waals surface area contributed by atoms with Gasteiger partial charge in [-0.15, -0.1) is 0 Å². The van der Waals surface area contributed by atoms with Crippen LogP contribution in [0, 0.1) is 6.92 Å². The molecule has 0 aliphatic heterocycles. The molecule has 1 unspecified atom stereocenters. The number of nitrogens with zero attached hydrogens (tertiary/aromatic N) is 4. The Balaban J connectivity index is 1.68. The van der Waals surface area contributed by atoms with E-state index in [-0.39, 0.29) is 12.0 Å². The molecule has 3 heterocycles. The quantitative estimate of drug-likeness (QED) is 0.760. The minimum absolute atomic E-state index is 0.0195. The summed E-state index contributed by atoms with van der Waals surface area (Å²) in [5, 5.41) is 8.70. The minimum Gasteiger partial charge on any atom is -0.367 e. The van der Waals surface area contributed by atoms with Crippen molar-refractivity contribution < 1.29 is 4.39 Å². The topological polar surface area (TPSA) is 55.1 Å². The third-order valence-corrected chi connectivity index (χ3v) is 4.87. The molecule has 3 aromatic heterocycles. The molecule has 0 saturated heterocycles. The van der Waals surface area contributed by atoms with Crippen molar-refractivity contribution in [3.63, 3.8) is 0 Å². The van der Waals surface area contributed by atoms with Crippen molar-refractivity contribution >= 4 is 23.1 Å². The van der Waals surface area contributed by atoms with Crippen molar-refractivity contribution in [1.82, 2.24) is 19.6 Å². The maximum atomic E-state index is 13.1. The van der Waals surface area contributed by atoms with Crippen molar-refractivity contribution in [3.05, 3.63) is 52.6 Å². The molecule has 0 spiro atoms. The van der Waals surface area contributed by atoms with Gasteiger partial charge in [0, 0.05) is 41.7 Å². The average Bonchev–Trinajstić information content (AvgIpc) is 2.97. The van der Waals surface area contributed by atoms with Crippen LogP contribution in [0.3, 0.4) is 0 Å². The monoisotopic (exact) mass is 359 g/mol. The lowest BCUT2D eigenvalue weighted by Gasteiger charge is -2.31. The fourth-order valence-electron chi connectivity index (χ4n) is 3.10. The molecule has 7 heteroatoms. The number of halogens is 2. The van der Waals surface area contributed by atoms with Crippen molar-refractivity contribution in [2.45, 2.75) is 44.8 Å². The van der Waals surface area contributed by atoms with Crippen LogP contribution in [0.15, 0.2) is 30.5 Å². The van der Waals surface area contributed by atoms with Crippen LogP contribution in [0.25, 0.3) is 5.65 Å². The number of nitrogens with one attached hydrogen (secondary N) is 1. The van der Waals surface area contributed by atoms with Crippen molar-refractivity contribution in [2.24, 2.45) is 0 Å². The summed E-state index contributed by atoms with van der Waals surface area (Å²) in [5.74, 6) is 0.868. The SMILES string of the molecule is Cc1cc(NC2CC(F)C2)n2nc(C(C)c3ccc(Cl)cn3)cc2n1. The first-order chi connectivity index (χ1) is 12.0. The fourth-order valence-corrected chi connectivity index (χ4v) is 3.21. The van der Waals surface area contributed by atoms with Gasteiger partial charge in [-0.1, -0.05) is 18.5 Å². The molecular formula is C18H19ClFN5. The van der Waals surface area contributed by atoms with Crippen LogP contribution >= 0.6 is 11.6 Å². The summed E-state index contributed by atoms with van der Waals surface area (Å²) in [7, 11) is 0. The molecule has 0 aromatic carbocycles. The van der Waals surface area contributed by atoms with Gasteiger partial charge in [0.25, 0.3) is 0 Å². The normalized spacial score (nSPS) is 21.1. The molecule has 0 bridgehead atoms. The second-order valence-electron chi connectivity index (χ2n) is 6.65. The second kappa shape index (κ2) is 6.26. The van der Waals surface area contributed by atoms with E-state index >= 15 is 0 Å². The number of hydrogen-bond donors (Lipinski definition) is 1. The minimum atomic E-state index is -0.694. The third kappa shape index (κ3) is 3.18. The molecule has 1 aliphatic carbocycles. The van der Waals surface area contributed by atoms with Gasteiger partial charge >= 0.3 is 0 Å². The number of pyridine rings is 1. The van der Waals surface area contributed by atoms with Crippen LogP contribution < -0.4 is 5.32 Å². The Labute approximate surface area is 150 Å². The molecule has 130 valence electrons. The summed E-state index contributed by atoms with van der Waals surface area (Å²) in [6.45, 7) is 4.00. The largest absolute Gasteiger partial charge is 0.367 e. The molecular weight excluding hydrogens is 341 g/mol. The Morgan fingerprint density at radius 2 is 2.08 bits per heavy atom. The standard InChI is InChI=1S/C18H19ClFN5/c1-10-5-17(23-14-6-13(20)7-14)25-18(22-10)8-16(24-25)11(2)15-4-3-12(19)9-21-15/h3-5,8-9,11,13-14,23H,6-7H2,1-2H3. The highest BCUT2D eigenvalue weighted by Crippen LogP contribution is 2.28.